The van der Waals surface area contributed by atoms with E-state index in [-0.39, 0.29) is 24.0 Å². The highest BCUT2D eigenvalue weighted by atomic mass is 127. The fourth-order valence-electron chi connectivity index (χ4n) is 3.27. The Balaban J connectivity index is 0.00000280. The topological polar surface area (TPSA) is 87.8 Å². The number of para-hydroxylation sites is 2. The lowest BCUT2D eigenvalue weighted by Crippen LogP contribution is -2.51. The molecular formula is C19H29IN6O2. The van der Waals surface area contributed by atoms with Crippen LogP contribution in [0.5, 0.6) is 5.75 Å². The summed E-state index contributed by atoms with van der Waals surface area (Å²) in [5.41, 5.74) is 1.13. The smallest absolute Gasteiger partial charge is 0.223 e. The average Bonchev–Trinajstić information content (AvgIpc) is 3.12. The maximum atomic E-state index is 5.52. The number of nitrogens with one attached hydrogen (secondary N) is 2. The number of benzene rings is 1. The predicted molar refractivity (Wildman–Crippen MR) is 121 cm³/mol. The molecule has 1 aromatic heterocycles. The van der Waals surface area contributed by atoms with Crippen molar-refractivity contribution in [2.24, 2.45) is 4.99 Å². The second-order valence-electron chi connectivity index (χ2n) is 6.53. The molecule has 1 aliphatic rings. The summed E-state index contributed by atoms with van der Waals surface area (Å²) < 4.78 is 10.5. The Morgan fingerprint density at radius 3 is 2.93 bits per heavy atom. The van der Waals surface area contributed by atoms with Gasteiger partial charge in [-0.1, -0.05) is 17.3 Å². The van der Waals surface area contributed by atoms with Crippen LogP contribution in [0.15, 0.2) is 33.8 Å². The van der Waals surface area contributed by atoms with Gasteiger partial charge in [0.25, 0.3) is 0 Å². The van der Waals surface area contributed by atoms with Crippen LogP contribution in [0, 0.1) is 6.92 Å². The van der Waals surface area contributed by atoms with E-state index in [1.165, 1.54) is 0 Å². The molecule has 0 radical (unpaired) electrons. The highest BCUT2D eigenvalue weighted by Gasteiger charge is 2.22. The van der Waals surface area contributed by atoms with Gasteiger partial charge in [0.2, 0.25) is 5.89 Å². The first kappa shape index (κ1) is 22.3. The van der Waals surface area contributed by atoms with Gasteiger partial charge in [0.15, 0.2) is 11.8 Å². The minimum Gasteiger partial charge on any atom is -0.495 e. The number of guanidine groups is 1. The molecule has 8 nitrogen and oxygen atoms in total. The van der Waals surface area contributed by atoms with E-state index in [0.29, 0.717) is 24.3 Å². The van der Waals surface area contributed by atoms with E-state index < -0.39 is 0 Å². The third-order valence-electron chi connectivity index (χ3n) is 4.48. The standard InChI is InChI=1S/C19H28N6O2.HI/c1-4-20-19(21-12-18-22-14(2)27-24-18)23-15-8-7-11-25(13-15)16-9-5-6-10-17(16)26-3;/h5-6,9-10,15H,4,7-8,11-13H2,1-3H3,(H2,20,21,23);1H. The Bertz CT molecular complexity index is 766. The zero-order valence-electron chi connectivity index (χ0n) is 16.6. The van der Waals surface area contributed by atoms with Gasteiger partial charge in [0.05, 0.1) is 12.8 Å². The van der Waals surface area contributed by atoms with Crippen molar-refractivity contribution in [1.82, 2.24) is 20.8 Å². The summed E-state index contributed by atoms with van der Waals surface area (Å²) in [5, 5.41) is 10.7. The van der Waals surface area contributed by atoms with Crippen LogP contribution in [0.2, 0.25) is 0 Å². The number of halogens is 1. The highest BCUT2D eigenvalue weighted by Crippen LogP contribution is 2.29. The van der Waals surface area contributed by atoms with Gasteiger partial charge >= 0.3 is 0 Å². The highest BCUT2D eigenvalue weighted by molar-refractivity contribution is 14.0. The number of rotatable bonds is 6. The van der Waals surface area contributed by atoms with E-state index in [2.05, 4.69) is 43.7 Å². The van der Waals surface area contributed by atoms with E-state index >= 15 is 0 Å². The van der Waals surface area contributed by atoms with Crippen LogP contribution in [0.25, 0.3) is 0 Å². The Labute approximate surface area is 183 Å². The lowest BCUT2D eigenvalue weighted by molar-refractivity contribution is 0.387. The number of nitrogens with zero attached hydrogens (tertiary/aromatic N) is 4. The number of aromatic nitrogens is 2. The molecule has 0 saturated carbocycles. The maximum absolute atomic E-state index is 5.52. The molecule has 2 aromatic rings. The number of hydrogen-bond donors (Lipinski definition) is 2. The SMILES string of the molecule is CCNC(=NCc1noc(C)n1)NC1CCCN(c2ccccc2OC)C1.I. The van der Waals surface area contributed by atoms with Crippen LogP contribution in [0.1, 0.15) is 31.5 Å². The van der Waals surface area contributed by atoms with Gasteiger partial charge in [-0.05, 0) is 31.9 Å². The molecule has 3 rings (SSSR count). The fourth-order valence-corrected chi connectivity index (χ4v) is 3.27. The third-order valence-corrected chi connectivity index (χ3v) is 4.48. The van der Waals surface area contributed by atoms with Crippen molar-refractivity contribution < 1.29 is 9.26 Å². The van der Waals surface area contributed by atoms with Crippen LogP contribution in [0.3, 0.4) is 0 Å². The summed E-state index contributed by atoms with van der Waals surface area (Å²) in [4.78, 5) is 11.2. The summed E-state index contributed by atoms with van der Waals surface area (Å²) in [6, 6.07) is 8.46. The number of ether oxygens (including phenoxy) is 1. The molecule has 0 amide bonds. The van der Waals surface area contributed by atoms with Crippen molar-refractivity contribution in [1.29, 1.82) is 0 Å². The molecule has 9 heteroatoms. The Kier molecular flexibility index (Phi) is 8.81. The average molecular weight is 500 g/mol. The molecule has 2 heterocycles. The molecule has 154 valence electrons. The number of aliphatic imine (C=N–C) groups is 1. The largest absolute Gasteiger partial charge is 0.495 e. The van der Waals surface area contributed by atoms with Crippen molar-refractivity contribution >= 4 is 35.6 Å². The molecule has 1 fully saturated rings. The number of piperidine rings is 1. The maximum Gasteiger partial charge on any atom is 0.223 e. The van der Waals surface area contributed by atoms with Crippen LogP contribution >= 0.6 is 24.0 Å². The lowest BCUT2D eigenvalue weighted by atomic mass is 10.0. The first-order valence-electron chi connectivity index (χ1n) is 9.41. The van der Waals surface area contributed by atoms with Gasteiger partial charge in [-0.15, -0.1) is 24.0 Å². The summed E-state index contributed by atoms with van der Waals surface area (Å²) in [5.74, 6) is 2.82. The van der Waals surface area contributed by atoms with Crippen LogP contribution in [-0.2, 0) is 6.54 Å². The predicted octanol–water partition coefficient (Wildman–Crippen LogP) is 2.73. The number of methoxy groups -OCH3 is 1. The van der Waals surface area contributed by atoms with Crippen LogP contribution in [-0.4, -0.2) is 48.9 Å². The van der Waals surface area contributed by atoms with Gasteiger partial charge < -0.3 is 24.8 Å². The van der Waals surface area contributed by atoms with Crippen LogP contribution in [0.4, 0.5) is 5.69 Å². The lowest BCUT2D eigenvalue weighted by Gasteiger charge is -2.36. The Morgan fingerprint density at radius 2 is 2.21 bits per heavy atom. The van der Waals surface area contributed by atoms with Crippen molar-refractivity contribution in [2.75, 3.05) is 31.6 Å². The molecule has 1 aliphatic heterocycles. The molecular weight excluding hydrogens is 471 g/mol. The number of aryl methyl sites for hydroxylation is 1. The second kappa shape index (κ2) is 11.1. The molecule has 0 aliphatic carbocycles. The number of anilines is 1. The van der Waals surface area contributed by atoms with Crippen molar-refractivity contribution in [3.63, 3.8) is 0 Å². The summed E-state index contributed by atoms with van der Waals surface area (Å²) in [6.45, 7) is 6.92. The molecule has 1 atom stereocenters. The van der Waals surface area contributed by atoms with Gasteiger partial charge in [0, 0.05) is 32.6 Å². The normalized spacial score (nSPS) is 17.0. The monoisotopic (exact) mass is 500 g/mol. The minimum atomic E-state index is 0. The molecule has 28 heavy (non-hydrogen) atoms. The van der Waals surface area contributed by atoms with Crippen molar-refractivity contribution in [3.05, 3.63) is 36.0 Å². The molecule has 1 saturated heterocycles. The molecule has 1 aromatic carbocycles. The molecule has 1 unspecified atom stereocenters. The van der Waals surface area contributed by atoms with Gasteiger partial charge in [0.1, 0.15) is 12.3 Å². The van der Waals surface area contributed by atoms with E-state index in [1.54, 1.807) is 14.0 Å². The van der Waals surface area contributed by atoms with Gasteiger partial charge in [-0.2, -0.15) is 4.98 Å². The Hall–Kier alpha value is -2.04. The van der Waals surface area contributed by atoms with Crippen molar-refractivity contribution in [3.8, 4) is 5.75 Å². The van der Waals surface area contributed by atoms with Gasteiger partial charge in [-0.3, -0.25) is 0 Å². The molecule has 0 bridgehead atoms. The first-order chi connectivity index (χ1) is 13.2. The van der Waals surface area contributed by atoms with Gasteiger partial charge in [-0.25, -0.2) is 4.99 Å². The summed E-state index contributed by atoms with van der Waals surface area (Å²) >= 11 is 0. The number of hydrogen-bond acceptors (Lipinski definition) is 6. The van der Waals surface area contributed by atoms with E-state index in [4.69, 9.17) is 9.26 Å². The van der Waals surface area contributed by atoms with E-state index in [0.717, 1.165) is 49.9 Å². The molecule has 2 N–H and O–H groups in total. The third kappa shape index (κ3) is 5.98. The molecule has 0 spiro atoms. The summed E-state index contributed by atoms with van der Waals surface area (Å²) in [6.07, 6.45) is 2.20. The van der Waals surface area contributed by atoms with E-state index in [9.17, 15) is 0 Å². The van der Waals surface area contributed by atoms with Crippen LogP contribution < -0.4 is 20.3 Å². The Morgan fingerprint density at radius 1 is 1.39 bits per heavy atom. The zero-order chi connectivity index (χ0) is 19.1. The minimum absolute atomic E-state index is 0. The van der Waals surface area contributed by atoms with E-state index in [1.807, 2.05) is 18.2 Å². The van der Waals surface area contributed by atoms with Crippen molar-refractivity contribution in [2.45, 2.75) is 39.3 Å². The summed E-state index contributed by atoms with van der Waals surface area (Å²) in [7, 11) is 1.72. The second-order valence-corrected chi connectivity index (χ2v) is 6.53. The fraction of sp³-hybridized carbons (Fsp3) is 0.526. The quantitative estimate of drug-likeness (QED) is 0.358. The zero-order valence-corrected chi connectivity index (χ0v) is 19.0. The first-order valence-corrected chi connectivity index (χ1v) is 9.41.